The predicted molar refractivity (Wildman–Crippen MR) is 278 cm³/mol. The molecule has 11 aromatic rings. The number of hydrogen-bond donors (Lipinski definition) is 0. The molecule has 65 heavy (non-hydrogen) atoms. The lowest BCUT2D eigenvalue weighted by molar-refractivity contribution is 0.740. The third-order valence-electron chi connectivity index (χ3n) is 13.3. The van der Waals surface area contributed by atoms with E-state index in [1.54, 1.807) is 0 Å². The van der Waals surface area contributed by atoms with E-state index in [0.717, 1.165) is 34.7 Å². The molecule has 2 nitrogen and oxygen atoms in total. The van der Waals surface area contributed by atoms with E-state index < -0.39 is 0 Å². The second-order valence-electron chi connectivity index (χ2n) is 17.4. The summed E-state index contributed by atoms with van der Waals surface area (Å²) in [6, 6.07) is 82.4. The van der Waals surface area contributed by atoms with Crippen LogP contribution >= 0.6 is 0 Å². The van der Waals surface area contributed by atoms with E-state index in [2.05, 4.69) is 259 Å². The van der Waals surface area contributed by atoms with Gasteiger partial charge < -0.3 is 9.47 Å². The van der Waals surface area contributed by atoms with Gasteiger partial charge in [0.15, 0.2) is 0 Å². The van der Waals surface area contributed by atoms with E-state index in [1.807, 2.05) is 0 Å². The Morgan fingerprint density at radius 1 is 0.415 bits per heavy atom. The summed E-state index contributed by atoms with van der Waals surface area (Å²) in [6.45, 7) is 2.28. The van der Waals surface area contributed by atoms with Crippen molar-refractivity contribution in [2.24, 2.45) is 5.92 Å². The number of nitrogens with zero attached hydrogens (tertiary/aromatic N) is 2. The molecular formula is C63H46N2. The third-order valence-corrected chi connectivity index (χ3v) is 13.3. The second-order valence-corrected chi connectivity index (χ2v) is 17.4. The van der Waals surface area contributed by atoms with Crippen molar-refractivity contribution in [1.82, 2.24) is 4.57 Å². The fourth-order valence-electron chi connectivity index (χ4n) is 10.1. The van der Waals surface area contributed by atoms with Crippen molar-refractivity contribution in [3.8, 4) is 39.1 Å². The fourth-order valence-corrected chi connectivity index (χ4v) is 10.1. The SMILES string of the molecule is CC1C=C(c2ccc(-c3ccc(N(c4cccc(-c5cccc6c5c5ccc(-c7ccccc7)cc5n6-c5ccccc5)c4)c4ccc5c(ccc6ccccc65)c4)cc3)cc2)C=CC1. The van der Waals surface area contributed by atoms with Crippen LogP contribution in [-0.2, 0) is 0 Å². The molecule has 0 N–H and O–H groups in total. The molecule has 0 saturated heterocycles. The van der Waals surface area contributed by atoms with Crippen LogP contribution in [0.1, 0.15) is 18.9 Å². The molecule has 2 heteroatoms. The minimum absolute atomic E-state index is 0.566. The van der Waals surface area contributed by atoms with Crippen LogP contribution in [0.4, 0.5) is 17.1 Å². The molecule has 0 aliphatic heterocycles. The Balaban J connectivity index is 0.993. The number of hydrogen-bond acceptors (Lipinski definition) is 1. The highest BCUT2D eigenvalue weighted by Gasteiger charge is 2.20. The van der Waals surface area contributed by atoms with Crippen molar-refractivity contribution in [3.05, 3.63) is 248 Å². The number of benzene rings is 10. The molecule has 10 aromatic carbocycles. The first-order chi connectivity index (χ1) is 32.1. The summed E-state index contributed by atoms with van der Waals surface area (Å²) in [5, 5.41) is 7.46. The van der Waals surface area contributed by atoms with Gasteiger partial charge in [-0.15, -0.1) is 0 Å². The van der Waals surface area contributed by atoms with Crippen molar-refractivity contribution in [2.75, 3.05) is 4.90 Å². The lowest BCUT2D eigenvalue weighted by atomic mass is 9.92. The number of aromatic nitrogens is 1. The Morgan fingerprint density at radius 3 is 1.85 bits per heavy atom. The van der Waals surface area contributed by atoms with E-state index in [-0.39, 0.29) is 0 Å². The number of rotatable bonds is 8. The van der Waals surface area contributed by atoms with Gasteiger partial charge in [0.25, 0.3) is 0 Å². The highest BCUT2D eigenvalue weighted by Crippen LogP contribution is 2.43. The summed E-state index contributed by atoms with van der Waals surface area (Å²) in [5.74, 6) is 0.566. The van der Waals surface area contributed by atoms with Gasteiger partial charge in [-0.1, -0.05) is 189 Å². The zero-order valence-corrected chi connectivity index (χ0v) is 36.3. The Labute approximate surface area is 380 Å². The molecule has 1 aliphatic rings. The van der Waals surface area contributed by atoms with Gasteiger partial charge in [-0.2, -0.15) is 0 Å². The normalized spacial score (nSPS) is 13.7. The van der Waals surface area contributed by atoms with E-state index >= 15 is 0 Å². The van der Waals surface area contributed by atoms with Crippen LogP contribution in [0.3, 0.4) is 0 Å². The van der Waals surface area contributed by atoms with Crippen LogP contribution in [-0.4, -0.2) is 4.57 Å². The quantitative estimate of drug-likeness (QED) is 0.139. The second kappa shape index (κ2) is 16.2. The van der Waals surface area contributed by atoms with Gasteiger partial charge in [0.05, 0.1) is 11.0 Å². The molecular weight excluding hydrogens is 785 g/mol. The maximum absolute atomic E-state index is 2.43. The zero-order chi connectivity index (χ0) is 43.3. The Bertz CT molecular complexity index is 3610. The van der Waals surface area contributed by atoms with Crippen molar-refractivity contribution in [3.63, 3.8) is 0 Å². The summed E-state index contributed by atoms with van der Waals surface area (Å²) in [7, 11) is 0. The summed E-state index contributed by atoms with van der Waals surface area (Å²) in [4.78, 5) is 2.41. The van der Waals surface area contributed by atoms with Crippen LogP contribution in [0.25, 0.3) is 88.0 Å². The molecule has 1 heterocycles. The number of fused-ring (bicyclic) bond motifs is 6. The van der Waals surface area contributed by atoms with Crippen molar-refractivity contribution >= 4 is 66.0 Å². The van der Waals surface area contributed by atoms with Gasteiger partial charge in [-0.25, -0.2) is 0 Å². The van der Waals surface area contributed by atoms with E-state index in [9.17, 15) is 0 Å². The molecule has 0 spiro atoms. The lowest BCUT2D eigenvalue weighted by Gasteiger charge is -2.27. The minimum atomic E-state index is 0.566. The van der Waals surface area contributed by atoms with E-state index in [1.165, 1.54) is 82.3 Å². The van der Waals surface area contributed by atoms with Crippen molar-refractivity contribution < 1.29 is 0 Å². The van der Waals surface area contributed by atoms with Gasteiger partial charge in [-0.3, -0.25) is 0 Å². The first-order valence-electron chi connectivity index (χ1n) is 22.7. The molecule has 0 radical (unpaired) electrons. The summed E-state index contributed by atoms with van der Waals surface area (Å²) >= 11 is 0. The van der Waals surface area contributed by atoms with Gasteiger partial charge in [0.2, 0.25) is 0 Å². The maximum atomic E-state index is 2.43. The highest BCUT2D eigenvalue weighted by molar-refractivity contribution is 6.16. The Hall–Kier alpha value is -8.20. The first kappa shape index (κ1) is 38.5. The number of allylic oxidation sites excluding steroid dienone is 4. The molecule has 1 unspecified atom stereocenters. The molecule has 12 rings (SSSR count). The first-order valence-corrected chi connectivity index (χ1v) is 22.7. The third kappa shape index (κ3) is 7.01. The molecule has 0 fully saturated rings. The largest absolute Gasteiger partial charge is 0.310 e. The standard InChI is InChI=1S/C63H46N2/c1-43-13-10-17-49(39-43)47-27-25-45(26-28-47)46-31-34-54(35-32-46)64(56-36-38-58-52(41-56)30-29-48-16-8-9-22-57(48)58)55-21-11-18-51(40-55)59-23-12-24-61-63(59)60-37-33-50(44-14-4-2-5-15-44)42-62(60)65(61)53-19-6-3-7-20-53/h2-12,14-43H,13H2,1H3. The van der Waals surface area contributed by atoms with Crippen LogP contribution in [0.15, 0.2) is 243 Å². The number of anilines is 3. The average molecular weight is 831 g/mol. The maximum Gasteiger partial charge on any atom is 0.0547 e. The van der Waals surface area contributed by atoms with Crippen molar-refractivity contribution in [2.45, 2.75) is 13.3 Å². The van der Waals surface area contributed by atoms with Crippen LogP contribution in [0.5, 0.6) is 0 Å². The smallest absolute Gasteiger partial charge is 0.0547 e. The summed E-state index contributed by atoms with van der Waals surface area (Å²) in [6.07, 6.45) is 8.04. The summed E-state index contributed by atoms with van der Waals surface area (Å²) < 4.78 is 2.43. The molecule has 1 aromatic heterocycles. The monoisotopic (exact) mass is 830 g/mol. The predicted octanol–water partition coefficient (Wildman–Crippen LogP) is 17.5. The fraction of sp³-hybridized carbons (Fsp3) is 0.0476. The van der Waals surface area contributed by atoms with Gasteiger partial charge in [0, 0.05) is 33.5 Å². The van der Waals surface area contributed by atoms with Crippen LogP contribution < -0.4 is 4.90 Å². The molecule has 1 aliphatic carbocycles. The zero-order valence-electron chi connectivity index (χ0n) is 36.3. The average Bonchev–Trinajstić information content (AvgIpc) is 3.71. The van der Waals surface area contributed by atoms with Crippen LogP contribution in [0, 0.1) is 5.92 Å². The molecule has 0 bridgehead atoms. The van der Waals surface area contributed by atoms with Crippen molar-refractivity contribution in [1.29, 1.82) is 0 Å². The molecule has 308 valence electrons. The molecule has 0 amide bonds. The topological polar surface area (TPSA) is 8.17 Å². The Morgan fingerprint density at radius 2 is 1.03 bits per heavy atom. The lowest BCUT2D eigenvalue weighted by Crippen LogP contribution is -2.10. The van der Waals surface area contributed by atoms with E-state index in [4.69, 9.17) is 0 Å². The highest BCUT2D eigenvalue weighted by atomic mass is 15.1. The van der Waals surface area contributed by atoms with Crippen LogP contribution in [0.2, 0.25) is 0 Å². The van der Waals surface area contributed by atoms with Gasteiger partial charge in [0.1, 0.15) is 0 Å². The molecule has 0 saturated carbocycles. The molecule has 1 atom stereocenters. The minimum Gasteiger partial charge on any atom is -0.310 e. The Kier molecular flexibility index (Phi) is 9.57. The van der Waals surface area contributed by atoms with Gasteiger partial charge >= 0.3 is 0 Å². The van der Waals surface area contributed by atoms with Gasteiger partial charge in [-0.05, 0) is 139 Å². The van der Waals surface area contributed by atoms with E-state index in [0.29, 0.717) is 5.92 Å². The number of para-hydroxylation sites is 1. The summed E-state index contributed by atoms with van der Waals surface area (Å²) in [5.41, 5.74) is 16.6.